The maximum absolute atomic E-state index is 11.0. The molecular weight excluding hydrogens is 174 g/mol. The van der Waals surface area contributed by atoms with E-state index in [9.17, 15) is 9.59 Å². The van der Waals surface area contributed by atoms with Crippen molar-refractivity contribution in [2.75, 3.05) is 7.05 Å². The highest BCUT2D eigenvalue weighted by Gasteiger charge is 2.30. The van der Waals surface area contributed by atoms with Crippen molar-refractivity contribution in [2.24, 2.45) is 0 Å². The summed E-state index contributed by atoms with van der Waals surface area (Å²) in [7, 11) is 1.37. The normalized spacial score (nSPS) is 13.5. The fourth-order valence-corrected chi connectivity index (χ4v) is 0.701. The number of carboxylic acids is 1. The third kappa shape index (κ3) is 4.47. The minimum Gasteiger partial charge on any atom is -0.479 e. The average molecular weight is 189 g/mol. The van der Waals surface area contributed by atoms with Crippen LogP contribution in [0, 0.1) is 0 Å². The molecule has 0 bridgehead atoms. The summed E-state index contributed by atoms with van der Waals surface area (Å²) in [5.74, 6) is -1.93. The summed E-state index contributed by atoms with van der Waals surface area (Å²) in [6.45, 7) is 5.06. The van der Waals surface area contributed by atoms with E-state index < -0.39 is 23.6 Å². The molecule has 0 fully saturated rings. The van der Waals surface area contributed by atoms with Crippen molar-refractivity contribution in [3.63, 3.8) is 0 Å². The maximum atomic E-state index is 11.0. The van der Waals surface area contributed by atoms with Gasteiger partial charge < -0.3 is 15.2 Å². The second-order valence-corrected chi connectivity index (χ2v) is 3.56. The molecule has 1 amide bonds. The van der Waals surface area contributed by atoms with E-state index in [4.69, 9.17) is 9.84 Å². The minimum atomic E-state index is -1.44. The fourth-order valence-electron chi connectivity index (χ4n) is 0.701. The lowest BCUT2D eigenvalue weighted by Crippen LogP contribution is -2.44. The van der Waals surface area contributed by atoms with Gasteiger partial charge in [0.2, 0.25) is 6.10 Å². The van der Waals surface area contributed by atoms with E-state index in [0.29, 0.717) is 0 Å². The molecule has 0 rings (SSSR count). The number of aliphatic carboxylic acids is 1. The molecular formula is C8H15NO4. The standard InChI is InChI=1S/C8H15NO4/c1-8(2,3)13-5(7(11)12)6(10)9-4/h5H,1-4H3,(H,9,10)(H,11,12). The van der Waals surface area contributed by atoms with E-state index in [1.807, 2.05) is 0 Å². The molecule has 5 nitrogen and oxygen atoms in total. The van der Waals surface area contributed by atoms with Gasteiger partial charge in [0, 0.05) is 7.05 Å². The van der Waals surface area contributed by atoms with Gasteiger partial charge in [-0.15, -0.1) is 0 Å². The van der Waals surface area contributed by atoms with Crippen LogP contribution in [0.4, 0.5) is 0 Å². The van der Waals surface area contributed by atoms with Crippen molar-refractivity contribution in [3.05, 3.63) is 0 Å². The lowest BCUT2D eigenvalue weighted by Gasteiger charge is -2.23. The molecule has 0 saturated heterocycles. The number of amides is 1. The van der Waals surface area contributed by atoms with Gasteiger partial charge >= 0.3 is 5.97 Å². The Morgan fingerprint density at radius 2 is 1.85 bits per heavy atom. The Bertz CT molecular complexity index is 207. The van der Waals surface area contributed by atoms with E-state index in [-0.39, 0.29) is 0 Å². The molecule has 0 aromatic carbocycles. The highest BCUT2D eigenvalue weighted by atomic mass is 16.5. The Morgan fingerprint density at radius 3 is 2.08 bits per heavy atom. The first-order valence-electron chi connectivity index (χ1n) is 3.90. The number of hydrogen-bond donors (Lipinski definition) is 2. The van der Waals surface area contributed by atoms with Crippen molar-refractivity contribution < 1.29 is 19.4 Å². The zero-order valence-electron chi connectivity index (χ0n) is 8.25. The molecule has 0 aromatic heterocycles. The van der Waals surface area contributed by atoms with Crippen LogP contribution in [0.3, 0.4) is 0 Å². The third-order valence-corrected chi connectivity index (χ3v) is 1.18. The van der Waals surface area contributed by atoms with Gasteiger partial charge in [-0.3, -0.25) is 4.79 Å². The van der Waals surface area contributed by atoms with Gasteiger partial charge in [0.25, 0.3) is 5.91 Å². The lowest BCUT2D eigenvalue weighted by molar-refractivity contribution is -0.166. The second-order valence-electron chi connectivity index (χ2n) is 3.56. The zero-order chi connectivity index (χ0) is 10.6. The monoisotopic (exact) mass is 189 g/mol. The summed E-state index contributed by atoms with van der Waals surface area (Å²) >= 11 is 0. The largest absolute Gasteiger partial charge is 0.479 e. The van der Waals surface area contributed by atoms with Crippen LogP contribution in [-0.2, 0) is 14.3 Å². The van der Waals surface area contributed by atoms with Crippen LogP contribution in [0.15, 0.2) is 0 Å². The minimum absolute atomic E-state index is 0.651. The van der Waals surface area contributed by atoms with E-state index in [2.05, 4.69) is 5.32 Å². The van der Waals surface area contributed by atoms with Gasteiger partial charge in [0.15, 0.2) is 0 Å². The van der Waals surface area contributed by atoms with Crippen LogP contribution in [0.2, 0.25) is 0 Å². The van der Waals surface area contributed by atoms with Crippen LogP contribution in [-0.4, -0.2) is 35.7 Å². The van der Waals surface area contributed by atoms with Crippen molar-refractivity contribution in [3.8, 4) is 0 Å². The molecule has 0 spiro atoms. The molecule has 0 aromatic rings. The molecule has 5 heteroatoms. The molecule has 0 heterocycles. The number of hydrogen-bond acceptors (Lipinski definition) is 3. The quantitative estimate of drug-likeness (QED) is 0.613. The van der Waals surface area contributed by atoms with Crippen LogP contribution in [0.5, 0.6) is 0 Å². The maximum Gasteiger partial charge on any atom is 0.342 e. The number of carbonyl (C=O) groups excluding carboxylic acids is 1. The van der Waals surface area contributed by atoms with Crippen molar-refractivity contribution in [2.45, 2.75) is 32.5 Å². The topological polar surface area (TPSA) is 75.6 Å². The predicted octanol–water partition coefficient (Wildman–Crippen LogP) is 0.000700. The summed E-state index contributed by atoms with van der Waals surface area (Å²) < 4.78 is 5.04. The van der Waals surface area contributed by atoms with E-state index in [1.165, 1.54) is 7.05 Å². The second kappa shape index (κ2) is 4.23. The van der Waals surface area contributed by atoms with Crippen LogP contribution >= 0.6 is 0 Å². The van der Waals surface area contributed by atoms with Gasteiger partial charge in [0.05, 0.1) is 5.60 Å². The van der Waals surface area contributed by atoms with Crippen molar-refractivity contribution >= 4 is 11.9 Å². The van der Waals surface area contributed by atoms with Gasteiger partial charge in [-0.05, 0) is 20.8 Å². The molecule has 1 unspecified atom stereocenters. The van der Waals surface area contributed by atoms with Crippen LogP contribution in [0.1, 0.15) is 20.8 Å². The highest BCUT2D eigenvalue weighted by Crippen LogP contribution is 2.10. The third-order valence-electron chi connectivity index (χ3n) is 1.18. The molecule has 0 aliphatic heterocycles. The van der Waals surface area contributed by atoms with Gasteiger partial charge in [-0.25, -0.2) is 4.79 Å². The molecule has 0 radical (unpaired) electrons. The first kappa shape index (κ1) is 11.9. The van der Waals surface area contributed by atoms with E-state index in [1.54, 1.807) is 20.8 Å². The van der Waals surface area contributed by atoms with Gasteiger partial charge in [-0.1, -0.05) is 0 Å². The van der Waals surface area contributed by atoms with Gasteiger partial charge in [-0.2, -0.15) is 0 Å². The summed E-state index contributed by atoms with van der Waals surface area (Å²) in [6, 6.07) is 0. The van der Waals surface area contributed by atoms with Crippen LogP contribution < -0.4 is 5.32 Å². The lowest BCUT2D eigenvalue weighted by atomic mass is 10.2. The van der Waals surface area contributed by atoms with E-state index in [0.717, 1.165) is 0 Å². The van der Waals surface area contributed by atoms with Crippen molar-refractivity contribution in [1.29, 1.82) is 0 Å². The summed E-state index contributed by atoms with van der Waals surface area (Å²) in [6.07, 6.45) is -1.44. The molecule has 0 saturated carbocycles. The molecule has 0 aliphatic rings. The van der Waals surface area contributed by atoms with E-state index >= 15 is 0 Å². The average Bonchev–Trinajstić information content (AvgIpc) is 1.96. The van der Waals surface area contributed by atoms with Gasteiger partial charge in [0.1, 0.15) is 0 Å². The zero-order valence-corrected chi connectivity index (χ0v) is 8.25. The molecule has 76 valence electrons. The molecule has 1 atom stereocenters. The molecule has 0 aliphatic carbocycles. The molecule has 13 heavy (non-hydrogen) atoms. The first-order chi connectivity index (χ1) is 5.78. The predicted molar refractivity (Wildman–Crippen MR) is 46.3 cm³/mol. The highest BCUT2D eigenvalue weighted by molar-refractivity contribution is 5.99. The Kier molecular flexibility index (Phi) is 3.87. The molecule has 2 N–H and O–H groups in total. The summed E-state index contributed by atoms with van der Waals surface area (Å²) in [5.41, 5.74) is -0.657. The smallest absolute Gasteiger partial charge is 0.342 e. The number of carboxylic acid groups (broad SMARTS) is 1. The number of carbonyl (C=O) groups is 2. The Hall–Kier alpha value is -1.10. The van der Waals surface area contributed by atoms with Crippen molar-refractivity contribution in [1.82, 2.24) is 5.32 Å². The Labute approximate surface area is 77.1 Å². The number of nitrogens with one attached hydrogen (secondary N) is 1. The Morgan fingerprint density at radius 1 is 1.38 bits per heavy atom. The SMILES string of the molecule is CNC(=O)C(OC(C)(C)C)C(=O)O. The number of likely N-dealkylation sites (N-methyl/N-ethyl adjacent to an activating group) is 1. The fraction of sp³-hybridized carbons (Fsp3) is 0.750. The number of ether oxygens (including phenoxy) is 1. The summed E-state index contributed by atoms with van der Waals surface area (Å²) in [5, 5.41) is 10.9. The Balaban J connectivity index is 4.45. The first-order valence-corrected chi connectivity index (χ1v) is 3.90. The number of rotatable bonds is 3. The van der Waals surface area contributed by atoms with Crippen LogP contribution in [0.25, 0.3) is 0 Å². The summed E-state index contributed by atoms with van der Waals surface area (Å²) in [4.78, 5) is 21.6.